The lowest BCUT2D eigenvalue weighted by molar-refractivity contribution is 0.0694. The first-order valence-electron chi connectivity index (χ1n) is 10.6. The summed E-state index contributed by atoms with van der Waals surface area (Å²) in [7, 11) is 0. The molecule has 1 aliphatic heterocycles. The van der Waals surface area contributed by atoms with Gasteiger partial charge in [-0.25, -0.2) is 13.6 Å². The number of carbonyl (C=O) groups is 1. The minimum atomic E-state index is -2.69. The Morgan fingerprint density at radius 1 is 1.28 bits per heavy atom. The van der Waals surface area contributed by atoms with Gasteiger partial charge in [-0.2, -0.15) is 0 Å². The van der Waals surface area contributed by atoms with Gasteiger partial charge < -0.3 is 19.7 Å². The number of hydrogen-bond donors (Lipinski definition) is 2. The second-order valence-corrected chi connectivity index (χ2v) is 8.37. The van der Waals surface area contributed by atoms with Crippen molar-refractivity contribution < 1.29 is 23.4 Å². The van der Waals surface area contributed by atoms with Crippen LogP contribution in [0.25, 0.3) is 22.0 Å². The molecule has 1 saturated carbocycles. The first kappa shape index (κ1) is 20.6. The summed E-state index contributed by atoms with van der Waals surface area (Å²) >= 11 is 0. The molecule has 3 aromatic rings. The molecule has 2 aromatic carbocycles. The van der Waals surface area contributed by atoms with Crippen molar-refractivity contribution in [3.05, 3.63) is 63.4 Å². The maximum Gasteiger partial charge on any atom is 0.341 e. The van der Waals surface area contributed by atoms with Gasteiger partial charge in [-0.05, 0) is 54.7 Å². The van der Waals surface area contributed by atoms with Crippen LogP contribution < -0.4 is 15.5 Å². The maximum absolute atomic E-state index is 13.1. The van der Waals surface area contributed by atoms with Gasteiger partial charge in [-0.1, -0.05) is 12.1 Å². The van der Waals surface area contributed by atoms with Crippen LogP contribution in [-0.4, -0.2) is 28.7 Å². The molecule has 8 heteroatoms. The molecule has 5 rings (SSSR count). The van der Waals surface area contributed by atoms with Crippen LogP contribution in [0.3, 0.4) is 0 Å². The van der Waals surface area contributed by atoms with Crippen molar-refractivity contribution in [1.29, 1.82) is 0 Å². The highest BCUT2D eigenvalue weighted by atomic mass is 19.3. The SMILES string of the molecule is C[C@H]1NCc2cc(-c3ccc4c(=O)c(C(=O)O)cn(C5CC5)c4c3OCC(F)F)ccc21. The third-order valence-electron chi connectivity index (χ3n) is 6.19. The van der Waals surface area contributed by atoms with Crippen LogP contribution in [-0.2, 0) is 6.54 Å². The molecule has 1 fully saturated rings. The Bertz CT molecular complexity index is 1300. The Morgan fingerprint density at radius 2 is 2.06 bits per heavy atom. The highest BCUT2D eigenvalue weighted by Crippen LogP contribution is 2.43. The second-order valence-electron chi connectivity index (χ2n) is 8.37. The van der Waals surface area contributed by atoms with E-state index in [1.54, 1.807) is 16.7 Å². The number of halogens is 2. The van der Waals surface area contributed by atoms with E-state index in [9.17, 15) is 23.5 Å². The van der Waals surface area contributed by atoms with Crippen molar-refractivity contribution in [2.75, 3.05) is 6.61 Å². The van der Waals surface area contributed by atoms with Crippen LogP contribution in [0.5, 0.6) is 5.75 Å². The summed E-state index contributed by atoms with van der Waals surface area (Å²) in [6.07, 6.45) is 0.260. The van der Waals surface area contributed by atoms with Gasteiger partial charge in [0.1, 0.15) is 12.2 Å². The zero-order valence-corrected chi connectivity index (χ0v) is 17.4. The van der Waals surface area contributed by atoms with Crippen LogP contribution in [0, 0.1) is 0 Å². The normalized spacial score (nSPS) is 17.7. The fourth-order valence-corrected chi connectivity index (χ4v) is 4.45. The lowest BCUT2D eigenvalue weighted by atomic mass is 9.96. The first-order valence-corrected chi connectivity index (χ1v) is 10.6. The van der Waals surface area contributed by atoms with Gasteiger partial charge in [0.05, 0.1) is 10.9 Å². The van der Waals surface area contributed by atoms with Crippen molar-refractivity contribution in [2.45, 2.75) is 44.8 Å². The number of hydrogen-bond acceptors (Lipinski definition) is 4. The summed E-state index contributed by atoms with van der Waals surface area (Å²) in [6.45, 7) is 1.96. The molecular formula is C24H22F2N2O4. The van der Waals surface area contributed by atoms with Crippen LogP contribution in [0.2, 0.25) is 0 Å². The molecule has 2 N–H and O–H groups in total. The molecule has 0 unspecified atom stereocenters. The Morgan fingerprint density at radius 3 is 2.75 bits per heavy atom. The zero-order valence-electron chi connectivity index (χ0n) is 17.4. The lowest BCUT2D eigenvalue weighted by Gasteiger charge is -2.19. The quantitative estimate of drug-likeness (QED) is 0.590. The van der Waals surface area contributed by atoms with Gasteiger partial charge in [-0.15, -0.1) is 0 Å². The van der Waals surface area contributed by atoms with E-state index in [1.165, 1.54) is 11.8 Å². The Balaban J connectivity index is 1.78. The van der Waals surface area contributed by atoms with Crippen molar-refractivity contribution in [3.8, 4) is 16.9 Å². The molecule has 0 spiro atoms. The van der Waals surface area contributed by atoms with E-state index < -0.39 is 24.4 Å². The van der Waals surface area contributed by atoms with Gasteiger partial charge in [-0.3, -0.25) is 4.79 Å². The standard InChI is InChI=1S/C24H22F2N2O4/c1-12-16-5-2-13(8-14(16)9-27-12)17-6-7-18-21(23(17)32-11-20(25)26)28(15-3-4-15)10-19(22(18)29)24(30)31/h2,5-8,10,12,15,20,27H,3-4,9,11H2,1H3,(H,30,31)/t12-/m1/s1. The Kier molecular flexibility index (Phi) is 4.97. The summed E-state index contributed by atoms with van der Waals surface area (Å²) in [5.74, 6) is -1.13. The first-order chi connectivity index (χ1) is 15.3. The predicted molar refractivity (Wildman–Crippen MR) is 116 cm³/mol. The summed E-state index contributed by atoms with van der Waals surface area (Å²) in [6, 6.07) is 9.41. The highest BCUT2D eigenvalue weighted by molar-refractivity contribution is 5.97. The number of carboxylic acid groups (broad SMARTS) is 1. The number of fused-ring (bicyclic) bond motifs is 2. The molecule has 166 valence electrons. The number of benzene rings is 2. The van der Waals surface area contributed by atoms with E-state index in [-0.39, 0.29) is 28.8 Å². The molecule has 2 heterocycles. The van der Waals surface area contributed by atoms with E-state index in [1.807, 2.05) is 18.2 Å². The topological polar surface area (TPSA) is 80.6 Å². The van der Waals surface area contributed by atoms with Gasteiger partial charge in [0.25, 0.3) is 6.43 Å². The van der Waals surface area contributed by atoms with Gasteiger partial charge in [0.15, 0.2) is 5.75 Å². The minimum Gasteiger partial charge on any atom is -0.485 e. The van der Waals surface area contributed by atoms with Gasteiger partial charge >= 0.3 is 5.97 Å². The molecule has 0 bridgehead atoms. The van der Waals surface area contributed by atoms with Crippen LogP contribution in [0.15, 0.2) is 41.3 Å². The lowest BCUT2D eigenvalue weighted by Crippen LogP contribution is -2.20. The largest absolute Gasteiger partial charge is 0.485 e. The fourth-order valence-electron chi connectivity index (χ4n) is 4.45. The average Bonchev–Trinajstić information content (AvgIpc) is 3.54. The molecule has 0 saturated heterocycles. The number of nitrogens with one attached hydrogen (secondary N) is 1. The zero-order chi connectivity index (χ0) is 22.6. The molecule has 32 heavy (non-hydrogen) atoms. The summed E-state index contributed by atoms with van der Waals surface area (Å²) < 4.78 is 33.6. The molecular weight excluding hydrogens is 418 g/mol. The van der Waals surface area contributed by atoms with E-state index in [4.69, 9.17) is 4.74 Å². The minimum absolute atomic E-state index is 0.00502. The number of aromatic carboxylic acids is 1. The third kappa shape index (κ3) is 3.44. The van der Waals surface area contributed by atoms with Gasteiger partial charge in [0, 0.05) is 30.4 Å². The molecule has 2 aliphatic rings. The number of carboxylic acids is 1. The average molecular weight is 440 g/mol. The number of rotatable bonds is 6. The Labute approximate surface area is 182 Å². The third-order valence-corrected chi connectivity index (χ3v) is 6.19. The van der Waals surface area contributed by atoms with E-state index in [0.717, 1.165) is 24.0 Å². The molecule has 6 nitrogen and oxygen atoms in total. The molecule has 1 atom stereocenters. The summed E-state index contributed by atoms with van der Waals surface area (Å²) in [4.78, 5) is 24.5. The summed E-state index contributed by atoms with van der Waals surface area (Å²) in [5.41, 5.74) is 3.08. The summed E-state index contributed by atoms with van der Waals surface area (Å²) in [5, 5.41) is 13.0. The molecule has 1 aromatic heterocycles. The highest BCUT2D eigenvalue weighted by Gasteiger charge is 2.30. The molecule has 0 radical (unpaired) electrons. The van der Waals surface area contributed by atoms with Crippen LogP contribution >= 0.6 is 0 Å². The molecule has 1 aliphatic carbocycles. The van der Waals surface area contributed by atoms with Crippen molar-refractivity contribution >= 4 is 16.9 Å². The van der Waals surface area contributed by atoms with Crippen molar-refractivity contribution in [2.24, 2.45) is 0 Å². The molecule has 0 amide bonds. The fraction of sp³-hybridized carbons (Fsp3) is 0.333. The predicted octanol–water partition coefficient (Wildman–Crippen LogP) is 4.51. The monoisotopic (exact) mass is 440 g/mol. The Hall–Kier alpha value is -3.26. The smallest absolute Gasteiger partial charge is 0.341 e. The van der Waals surface area contributed by atoms with Crippen molar-refractivity contribution in [3.63, 3.8) is 0 Å². The van der Waals surface area contributed by atoms with Crippen LogP contribution in [0.4, 0.5) is 8.78 Å². The number of pyridine rings is 1. The number of aromatic nitrogens is 1. The van der Waals surface area contributed by atoms with Gasteiger partial charge in [0.2, 0.25) is 5.43 Å². The number of nitrogens with zero attached hydrogens (tertiary/aromatic N) is 1. The van der Waals surface area contributed by atoms with E-state index in [0.29, 0.717) is 17.6 Å². The van der Waals surface area contributed by atoms with E-state index in [2.05, 4.69) is 12.2 Å². The van der Waals surface area contributed by atoms with Crippen molar-refractivity contribution in [1.82, 2.24) is 9.88 Å². The maximum atomic E-state index is 13.1. The van der Waals surface area contributed by atoms with E-state index >= 15 is 0 Å². The number of alkyl halides is 2. The second kappa shape index (κ2) is 7.70. The van der Waals surface area contributed by atoms with Crippen LogP contribution in [0.1, 0.15) is 53.3 Å². The number of ether oxygens (including phenoxy) is 1.